The van der Waals surface area contributed by atoms with E-state index in [2.05, 4.69) is 46.2 Å². The number of fused-ring (bicyclic) bond motifs is 1. The van der Waals surface area contributed by atoms with E-state index in [-0.39, 0.29) is 0 Å². The summed E-state index contributed by atoms with van der Waals surface area (Å²) in [5.74, 6) is 0.755. The average molecular weight is 284 g/mol. The highest BCUT2D eigenvalue weighted by Gasteiger charge is 2.23. The number of nitrogens with zero attached hydrogens (tertiary/aromatic N) is 3. The van der Waals surface area contributed by atoms with Crippen LogP contribution in [0, 0.1) is 5.92 Å². The minimum Gasteiger partial charge on any atom is -0.382 e. The fourth-order valence-corrected chi connectivity index (χ4v) is 3.20. The van der Waals surface area contributed by atoms with Crippen molar-refractivity contribution >= 4 is 16.7 Å². The Bertz CT molecular complexity index is 590. The van der Waals surface area contributed by atoms with Gasteiger partial charge in [-0.25, -0.2) is 0 Å². The van der Waals surface area contributed by atoms with E-state index >= 15 is 0 Å². The predicted octanol–water partition coefficient (Wildman–Crippen LogP) is 3.16. The van der Waals surface area contributed by atoms with Crippen LogP contribution in [0.5, 0.6) is 0 Å². The summed E-state index contributed by atoms with van der Waals surface area (Å²) >= 11 is 0. The van der Waals surface area contributed by atoms with Crippen LogP contribution in [-0.2, 0) is 0 Å². The lowest BCUT2D eigenvalue weighted by molar-refractivity contribution is 0.183. The molecule has 1 aromatic heterocycles. The summed E-state index contributed by atoms with van der Waals surface area (Å²) in [6.45, 7) is 8.19. The second-order valence-corrected chi connectivity index (χ2v) is 5.96. The molecule has 1 aliphatic heterocycles. The minimum atomic E-state index is 0.498. The molecule has 0 saturated carbocycles. The van der Waals surface area contributed by atoms with Gasteiger partial charge in [0.05, 0.1) is 11.0 Å². The third kappa shape index (κ3) is 3.32. The lowest BCUT2D eigenvalue weighted by atomic mass is 9.90. The molecule has 1 atom stereocenters. The van der Waals surface area contributed by atoms with E-state index < -0.39 is 0 Å². The number of piperidine rings is 1. The van der Waals surface area contributed by atoms with E-state index in [9.17, 15) is 0 Å². The topological polar surface area (TPSA) is 41.0 Å². The van der Waals surface area contributed by atoms with Crippen molar-refractivity contribution in [2.45, 2.75) is 32.7 Å². The van der Waals surface area contributed by atoms with Crippen LogP contribution in [0.2, 0.25) is 0 Å². The molecule has 21 heavy (non-hydrogen) atoms. The Morgan fingerprint density at radius 3 is 2.62 bits per heavy atom. The van der Waals surface area contributed by atoms with Gasteiger partial charge in [0.15, 0.2) is 0 Å². The number of likely N-dealkylation sites (tertiary alicyclic amines) is 1. The van der Waals surface area contributed by atoms with E-state index in [1.807, 2.05) is 6.07 Å². The van der Waals surface area contributed by atoms with Crippen molar-refractivity contribution in [3.63, 3.8) is 0 Å². The molecule has 112 valence electrons. The maximum Gasteiger partial charge on any atom is 0.0907 e. The SMILES string of the molecule is CCN1CCC(C(C)Nc2ccc3nccnc3c2)CC1. The number of rotatable bonds is 4. The summed E-state index contributed by atoms with van der Waals surface area (Å²) in [4.78, 5) is 11.2. The maximum atomic E-state index is 4.37. The summed E-state index contributed by atoms with van der Waals surface area (Å²) < 4.78 is 0. The molecule has 4 nitrogen and oxygen atoms in total. The Kier molecular flexibility index (Phi) is 4.34. The molecule has 0 radical (unpaired) electrons. The summed E-state index contributed by atoms with van der Waals surface area (Å²) in [5.41, 5.74) is 3.05. The van der Waals surface area contributed by atoms with Gasteiger partial charge in [-0.1, -0.05) is 6.92 Å². The van der Waals surface area contributed by atoms with Crippen LogP contribution >= 0.6 is 0 Å². The molecule has 1 fully saturated rings. The molecule has 0 aliphatic carbocycles. The molecule has 3 rings (SSSR count). The van der Waals surface area contributed by atoms with Crippen LogP contribution in [-0.4, -0.2) is 40.5 Å². The van der Waals surface area contributed by atoms with Gasteiger partial charge in [-0.2, -0.15) is 0 Å². The van der Waals surface area contributed by atoms with Crippen molar-refractivity contribution in [2.75, 3.05) is 25.0 Å². The van der Waals surface area contributed by atoms with Crippen molar-refractivity contribution in [3.8, 4) is 0 Å². The Labute approximate surface area is 126 Å². The first-order valence-electron chi connectivity index (χ1n) is 7.96. The Morgan fingerprint density at radius 1 is 1.19 bits per heavy atom. The molecular weight excluding hydrogens is 260 g/mol. The van der Waals surface area contributed by atoms with Crippen LogP contribution in [0.3, 0.4) is 0 Å². The Hall–Kier alpha value is -1.68. The zero-order valence-electron chi connectivity index (χ0n) is 12.9. The van der Waals surface area contributed by atoms with Gasteiger partial charge in [0.2, 0.25) is 0 Å². The highest BCUT2D eigenvalue weighted by molar-refractivity contribution is 5.78. The Balaban J connectivity index is 1.64. The van der Waals surface area contributed by atoms with Gasteiger partial charge >= 0.3 is 0 Å². The van der Waals surface area contributed by atoms with Crippen molar-refractivity contribution in [2.24, 2.45) is 5.92 Å². The van der Waals surface area contributed by atoms with E-state index in [1.165, 1.54) is 32.5 Å². The van der Waals surface area contributed by atoms with Crippen molar-refractivity contribution in [1.82, 2.24) is 14.9 Å². The van der Waals surface area contributed by atoms with E-state index in [0.29, 0.717) is 6.04 Å². The molecular formula is C17H24N4. The van der Waals surface area contributed by atoms with Crippen LogP contribution in [0.25, 0.3) is 11.0 Å². The van der Waals surface area contributed by atoms with Gasteiger partial charge in [-0.15, -0.1) is 0 Å². The summed E-state index contributed by atoms with van der Waals surface area (Å²) in [5, 5.41) is 3.65. The first kappa shape index (κ1) is 14.3. The van der Waals surface area contributed by atoms with Gasteiger partial charge in [0.1, 0.15) is 0 Å². The fraction of sp³-hybridized carbons (Fsp3) is 0.529. The molecule has 0 bridgehead atoms. The largest absolute Gasteiger partial charge is 0.382 e. The molecule has 1 aromatic carbocycles. The molecule has 0 spiro atoms. The van der Waals surface area contributed by atoms with Crippen LogP contribution < -0.4 is 5.32 Å². The monoisotopic (exact) mass is 284 g/mol. The predicted molar refractivity (Wildman–Crippen MR) is 87.5 cm³/mol. The molecule has 2 heterocycles. The van der Waals surface area contributed by atoms with Crippen LogP contribution in [0.4, 0.5) is 5.69 Å². The quantitative estimate of drug-likeness (QED) is 0.936. The minimum absolute atomic E-state index is 0.498. The number of benzene rings is 1. The van der Waals surface area contributed by atoms with Gasteiger partial charge in [-0.3, -0.25) is 9.97 Å². The molecule has 0 amide bonds. The summed E-state index contributed by atoms with van der Waals surface area (Å²) in [6, 6.07) is 6.74. The highest BCUT2D eigenvalue weighted by atomic mass is 15.1. The molecule has 4 heteroatoms. The molecule has 1 unspecified atom stereocenters. The number of anilines is 1. The Morgan fingerprint density at radius 2 is 1.90 bits per heavy atom. The molecule has 1 saturated heterocycles. The van der Waals surface area contributed by atoms with Crippen molar-refractivity contribution in [1.29, 1.82) is 0 Å². The second-order valence-electron chi connectivity index (χ2n) is 5.96. The van der Waals surface area contributed by atoms with E-state index in [0.717, 1.165) is 22.6 Å². The zero-order chi connectivity index (χ0) is 14.7. The van der Waals surface area contributed by atoms with E-state index in [4.69, 9.17) is 0 Å². The number of nitrogens with one attached hydrogen (secondary N) is 1. The van der Waals surface area contributed by atoms with Gasteiger partial charge in [0, 0.05) is 24.1 Å². The number of hydrogen-bond acceptors (Lipinski definition) is 4. The highest BCUT2D eigenvalue weighted by Crippen LogP contribution is 2.24. The van der Waals surface area contributed by atoms with Crippen LogP contribution in [0.1, 0.15) is 26.7 Å². The molecule has 1 N–H and O–H groups in total. The third-order valence-electron chi connectivity index (χ3n) is 4.65. The zero-order valence-corrected chi connectivity index (χ0v) is 12.9. The van der Waals surface area contributed by atoms with Gasteiger partial charge in [-0.05, 0) is 63.5 Å². The number of hydrogen-bond donors (Lipinski definition) is 1. The lowest BCUT2D eigenvalue weighted by Crippen LogP contribution is -2.39. The first-order valence-corrected chi connectivity index (χ1v) is 7.96. The fourth-order valence-electron chi connectivity index (χ4n) is 3.20. The second kappa shape index (κ2) is 6.39. The van der Waals surface area contributed by atoms with Crippen LogP contribution in [0.15, 0.2) is 30.6 Å². The van der Waals surface area contributed by atoms with Gasteiger partial charge < -0.3 is 10.2 Å². The smallest absolute Gasteiger partial charge is 0.0907 e. The summed E-state index contributed by atoms with van der Waals surface area (Å²) in [6.07, 6.45) is 6.06. The number of aromatic nitrogens is 2. The standard InChI is InChI=1S/C17H24N4/c1-3-21-10-6-14(7-11-21)13(2)20-15-4-5-16-17(12-15)19-9-8-18-16/h4-5,8-9,12-14,20H,3,6-7,10-11H2,1-2H3. The lowest BCUT2D eigenvalue weighted by Gasteiger charge is -2.34. The average Bonchev–Trinajstić information content (AvgIpc) is 2.55. The maximum absolute atomic E-state index is 4.37. The third-order valence-corrected chi connectivity index (χ3v) is 4.65. The molecule has 1 aliphatic rings. The molecule has 2 aromatic rings. The van der Waals surface area contributed by atoms with Crippen molar-refractivity contribution in [3.05, 3.63) is 30.6 Å². The van der Waals surface area contributed by atoms with Crippen molar-refractivity contribution < 1.29 is 0 Å². The first-order chi connectivity index (χ1) is 10.3. The summed E-state index contributed by atoms with van der Waals surface area (Å²) in [7, 11) is 0. The normalized spacial score (nSPS) is 18.8. The van der Waals surface area contributed by atoms with Gasteiger partial charge in [0.25, 0.3) is 0 Å². The van der Waals surface area contributed by atoms with E-state index in [1.54, 1.807) is 12.4 Å².